The second kappa shape index (κ2) is 5.76. The van der Waals surface area contributed by atoms with Gasteiger partial charge in [-0.25, -0.2) is 0 Å². The van der Waals surface area contributed by atoms with Crippen molar-refractivity contribution in [3.05, 3.63) is 35.0 Å². The van der Waals surface area contributed by atoms with E-state index in [2.05, 4.69) is 29.4 Å². The number of H-pyrrole nitrogens is 1. The molecule has 20 heavy (non-hydrogen) atoms. The van der Waals surface area contributed by atoms with Crippen LogP contribution in [0.3, 0.4) is 0 Å². The van der Waals surface area contributed by atoms with Gasteiger partial charge in [0.1, 0.15) is 0 Å². The number of para-hydroxylation sites is 1. The fraction of sp³-hybridized carbons (Fsp3) is 0.500. The molecule has 2 aromatic rings. The van der Waals surface area contributed by atoms with Gasteiger partial charge in [-0.15, -0.1) is 0 Å². The quantitative estimate of drug-likeness (QED) is 0.901. The first-order valence-corrected chi connectivity index (χ1v) is 7.59. The van der Waals surface area contributed by atoms with Gasteiger partial charge in [0.15, 0.2) is 0 Å². The SMILES string of the molecule is CC1(CNCc2[nH]c3ccccc3c2Cl)CCOCC1. The number of ether oxygens (including phenoxy) is 1. The van der Waals surface area contributed by atoms with Crippen LogP contribution in [0, 0.1) is 5.41 Å². The molecule has 0 saturated carbocycles. The molecule has 0 amide bonds. The maximum Gasteiger partial charge on any atom is 0.0705 e. The number of halogens is 1. The second-order valence-corrected chi connectivity index (χ2v) is 6.37. The molecule has 0 aliphatic carbocycles. The first-order valence-electron chi connectivity index (χ1n) is 7.22. The Morgan fingerprint density at radius 1 is 1.30 bits per heavy atom. The van der Waals surface area contributed by atoms with Crippen molar-refractivity contribution in [2.24, 2.45) is 5.41 Å². The van der Waals surface area contributed by atoms with Gasteiger partial charge in [-0.3, -0.25) is 0 Å². The third kappa shape index (κ3) is 2.85. The van der Waals surface area contributed by atoms with Crippen LogP contribution < -0.4 is 5.32 Å². The molecular formula is C16H21ClN2O. The Labute approximate surface area is 124 Å². The van der Waals surface area contributed by atoms with Gasteiger partial charge in [-0.05, 0) is 24.3 Å². The molecule has 0 spiro atoms. The van der Waals surface area contributed by atoms with Crippen molar-refractivity contribution in [3.8, 4) is 0 Å². The molecule has 3 nitrogen and oxygen atoms in total. The van der Waals surface area contributed by atoms with Crippen molar-refractivity contribution in [2.75, 3.05) is 19.8 Å². The second-order valence-electron chi connectivity index (χ2n) is 5.99. The molecular weight excluding hydrogens is 272 g/mol. The lowest BCUT2D eigenvalue weighted by atomic mass is 9.82. The van der Waals surface area contributed by atoms with Crippen molar-refractivity contribution in [2.45, 2.75) is 26.3 Å². The Morgan fingerprint density at radius 2 is 2.05 bits per heavy atom. The number of nitrogens with one attached hydrogen (secondary N) is 2. The van der Waals surface area contributed by atoms with Crippen molar-refractivity contribution in [3.63, 3.8) is 0 Å². The standard InChI is InChI=1S/C16H21ClN2O/c1-16(6-8-20-9-7-16)11-18-10-14-15(17)12-4-2-3-5-13(12)19-14/h2-5,18-19H,6-11H2,1H3. The summed E-state index contributed by atoms with van der Waals surface area (Å²) < 4.78 is 5.43. The lowest BCUT2D eigenvalue weighted by Crippen LogP contribution is -2.36. The van der Waals surface area contributed by atoms with E-state index in [4.69, 9.17) is 16.3 Å². The predicted molar refractivity (Wildman–Crippen MR) is 83.2 cm³/mol. The van der Waals surface area contributed by atoms with E-state index in [1.54, 1.807) is 0 Å². The Bertz CT molecular complexity index is 587. The maximum atomic E-state index is 6.42. The topological polar surface area (TPSA) is 37.0 Å². The van der Waals surface area contributed by atoms with Crippen molar-refractivity contribution in [1.82, 2.24) is 10.3 Å². The van der Waals surface area contributed by atoms with Crippen LogP contribution in [0.5, 0.6) is 0 Å². The fourth-order valence-electron chi connectivity index (χ4n) is 2.82. The number of fused-ring (bicyclic) bond motifs is 1. The van der Waals surface area contributed by atoms with E-state index in [1.807, 2.05) is 12.1 Å². The minimum Gasteiger partial charge on any atom is -0.381 e. The van der Waals surface area contributed by atoms with Crippen molar-refractivity contribution in [1.29, 1.82) is 0 Å². The highest BCUT2D eigenvalue weighted by atomic mass is 35.5. The zero-order valence-electron chi connectivity index (χ0n) is 11.8. The molecule has 0 bridgehead atoms. The van der Waals surface area contributed by atoms with Gasteiger partial charge >= 0.3 is 0 Å². The Kier molecular flexibility index (Phi) is 4.01. The van der Waals surface area contributed by atoms with Crippen LogP contribution in [0.1, 0.15) is 25.5 Å². The highest BCUT2D eigenvalue weighted by molar-refractivity contribution is 6.36. The third-order valence-corrected chi connectivity index (χ3v) is 4.70. The van der Waals surface area contributed by atoms with Gasteiger partial charge in [0.25, 0.3) is 0 Å². The molecule has 4 heteroatoms. The normalized spacial score (nSPS) is 18.5. The van der Waals surface area contributed by atoms with E-state index in [9.17, 15) is 0 Å². The highest BCUT2D eigenvalue weighted by Crippen LogP contribution is 2.30. The summed E-state index contributed by atoms with van der Waals surface area (Å²) in [6, 6.07) is 8.15. The summed E-state index contributed by atoms with van der Waals surface area (Å²) in [5.41, 5.74) is 2.52. The van der Waals surface area contributed by atoms with Gasteiger partial charge in [0.2, 0.25) is 0 Å². The number of hydrogen-bond acceptors (Lipinski definition) is 2. The molecule has 2 heterocycles. The van der Waals surface area contributed by atoms with Crippen LogP contribution in [-0.4, -0.2) is 24.7 Å². The summed E-state index contributed by atoms with van der Waals surface area (Å²) in [4.78, 5) is 3.39. The monoisotopic (exact) mass is 292 g/mol. The number of rotatable bonds is 4. The number of aromatic nitrogens is 1. The van der Waals surface area contributed by atoms with Gasteiger partial charge in [0, 0.05) is 42.9 Å². The van der Waals surface area contributed by atoms with Crippen molar-refractivity contribution >= 4 is 22.5 Å². The molecule has 108 valence electrons. The first kappa shape index (κ1) is 13.9. The molecule has 1 aromatic carbocycles. The molecule has 1 aliphatic rings. The van der Waals surface area contributed by atoms with E-state index >= 15 is 0 Å². The van der Waals surface area contributed by atoms with Crippen LogP contribution in [-0.2, 0) is 11.3 Å². The van der Waals surface area contributed by atoms with E-state index in [1.165, 1.54) is 0 Å². The van der Waals surface area contributed by atoms with Crippen LogP contribution in [0.4, 0.5) is 0 Å². The van der Waals surface area contributed by atoms with Crippen LogP contribution in [0.15, 0.2) is 24.3 Å². The number of aromatic amines is 1. The Morgan fingerprint density at radius 3 is 2.80 bits per heavy atom. The van der Waals surface area contributed by atoms with Crippen LogP contribution in [0.2, 0.25) is 5.02 Å². The van der Waals surface area contributed by atoms with Crippen LogP contribution in [0.25, 0.3) is 10.9 Å². The highest BCUT2D eigenvalue weighted by Gasteiger charge is 2.26. The summed E-state index contributed by atoms with van der Waals surface area (Å²) in [7, 11) is 0. The summed E-state index contributed by atoms with van der Waals surface area (Å²) >= 11 is 6.42. The molecule has 1 saturated heterocycles. The fourth-order valence-corrected chi connectivity index (χ4v) is 3.09. The molecule has 2 N–H and O–H groups in total. The summed E-state index contributed by atoms with van der Waals surface area (Å²) in [5, 5.41) is 5.48. The first-order chi connectivity index (χ1) is 9.68. The molecule has 3 rings (SSSR count). The molecule has 0 atom stereocenters. The minimum atomic E-state index is 0.344. The molecule has 0 radical (unpaired) electrons. The van der Waals surface area contributed by atoms with Gasteiger partial charge in [-0.1, -0.05) is 36.7 Å². The molecule has 1 fully saturated rings. The zero-order valence-corrected chi connectivity index (χ0v) is 12.6. The third-order valence-electron chi connectivity index (χ3n) is 4.27. The Balaban J connectivity index is 1.63. The average molecular weight is 293 g/mol. The van der Waals surface area contributed by atoms with Gasteiger partial charge in [0.05, 0.1) is 5.02 Å². The number of benzene rings is 1. The van der Waals surface area contributed by atoms with Crippen molar-refractivity contribution < 1.29 is 4.74 Å². The van der Waals surface area contributed by atoms with E-state index < -0.39 is 0 Å². The lowest BCUT2D eigenvalue weighted by Gasteiger charge is -2.33. The molecule has 0 unspecified atom stereocenters. The van der Waals surface area contributed by atoms with E-state index in [0.29, 0.717) is 5.41 Å². The molecule has 1 aromatic heterocycles. The van der Waals surface area contributed by atoms with Gasteiger partial charge in [-0.2, -0.15) is 0 Å². The summed E-state index contributed by atoms with van der Waals surface area (Å²) in [6.45, 7) is 5.87. The summed E-state index contributed by atoms with van der Waals surface area (Å²) in [5.74, 6) is 0. The van der Waals surface area contributed by atoms with Crippen LogP contribution >= 0.6 is 11.6 Å². The molecule has 1 aliphatic heterocycles. The lowest BCUT2D eigenvalue weighted by molar-refractivity contribution is 0.0240. The minimum absolute atomic E-state index is 0.344. The number of hydrogen-bond donors (Lipinski definition) is 2. The Hall–Kier alpha value is -1.03. The van der Waals surface area contributed by atoms with E-state index in [0.717, 1.165) is 60.8 Å². The predicted octanol–water partition coefficient (Wildman–Crippen LogP) is 3.73. The smallest absolute Gasteiger partial charge is 0.0705 e. The largest absolute Gasteiger partial charge is 0.381 e. The average Bonchev–Trinajstić information content (AvgIpc) is 2.77. The van der Waals surface area contributed by atoms with E-state index in [-0.39, 0.29) is 0 Å². The zero-order chi connectivity index (χ0) is 14.0. The maximum absolute atomic E-state index is 6.42. The summed E-state index contributed by atoms with van der Waals surface area (Å²) in [6.07, 6.45) is 2.25. The van der Waals surface area contributed by atoms with Gasteiger partial charge < -0.3 is 15.0 Å².